The van der Waals surface area contributed by atoms with Crippen LogP contribution in [0.2, 0.25) is 0 Å². The van der Waals surface area contributed by atoms with E-state index in [0.29, 0.717) is 30.3 Å². The van der Waals surface area contributed by atoms with E-state index in [1.54, 1.807) is 13.8 Å². The molecule has 0 aromatic heterocycles. The molecule has 6 nitrogen and oxygen atoms in total. The summed E-state index contributed by atoms with van der Waals surface area (Å²) in [5.41, 5.74) is 0.928. The summed E-state index contributed by atoms with van der Waals surface area (Å²) in [6.07, 6.45) is 2.81. The summed E-state index contributed by atoms with van der Waals surface area (Å²) in [4.78, 5) is 30.7. The molecule has 1 N–H and O–H groups in total. The average molecular weight is 356 g/mol. The first kappa shape index (κ1) is 27.5. The molecule has 0 aliphatic rings. The van der Waals surface area contributed by atoms with Gasteiger partial charge in [-0.2, -0.15) is 0 Å². The number of esters is 2. The second-order valence-electron chi connectivity index (χ2n) is 5.58. The highest BCUT2D eigenvalue weighted by Gasteiger charge is 2.03. The third kappa shape index (κ3) is 26.8. The first-order valence-corrected chi connectivity index (χ1v) is 8.00. The van der Waals surface area contributed by atoms with Gasteiger partial charge in [0.25, 0.3) is 0 Å². The molecule has 0 fully saturated rings. The molecule has 25 heavy (non-hydrogen) atoms. The van der Waals surface area contributed by atoms with Gasteiger partial charge in [-0.1, -0.05) is 46.9 Å². The number of ether oxygens (including phenoxy) is 2. The number of carboxylic acid groups (broad SMARTS) is 1. The Morgan fingerprint density at radius 1 is 1.04 bits per heavy atom. The van der Waals surface area contributed by atoms with Crippen molar-refractivity contribution in [2.45, 2.75) is 47.5 Å². The number of hydrogen-bond acceptors (Lipinski definition) is 5. The highest BCUT2D eigenvalue weighted by atomic mass is 16.5. The fourth-order valence-corrected chi connectivity index (χ4v) is 0.798. The summed E-state index contributed by atoms with van der Waals surface area (Å²) in [5.74, 6) is -1.17. The fourth-order valence-electron chi connectivity index (χ4n) is 0.798. The van der Waals surface area contributed by atoms with Crippen LogP contribution < -0.4 is 0 Å². The van der Waals surface area contributed by atoms with Crippen molar-refractivity contribution in [3.8, 4) is 0 Å². The highest BCUT2D eigenvalue weighted by molar-refractivity contribution is 5.87. The second kappa shape index (κ2) is 18.0. The number of carboxylic acids is 1. The van der Waals surface area contributed by atoms with Crippen LogP contribution in [0, 0.1) is 5.92 Å². The number of carbonyl (C=O) groups excluding carboxylic acids is 2. The number of carbonyl (C=O) groups is 3. The molecule has 0 aromatic carbocycles. The summed E-state index contributed by atoms with van der Waals surface area (Å²) >= 11 is 0. The van der Waals surface area contributed by atoms with E-state index in [2.05, 4.69) is 26.7 Å². The summed E-state index contributed by atoms with van der Waals surface area (Å²) in [6, 6.07) is 0. The van der Waals surface area contributed by atoms with Crippen molar-refractivity contribution < 1.29 is 29.0 Å². The Kier molecular flexibility index (Phi) is 19.8. The minimum atomic E-state index is -0.981. The lowest BCUT2D eigenvalue weighted by Crippen LogP contribution is -2.09. The molecule has 0 amide bonds. The molecule has 0 heterocycles. The smallest absolute Gasteiger partial charge is 0.333 e. The van der Waals surface area contributed by atoms with Crippen LogP contribution in [0.1, 0.15) is 47.5 Å². The van der Waals surface area contributed by atoms with E-state index in [1.165, 1.54) is 0 Å². The minimum Gasteiger partial charge on any atom is -0.478 e. The zero-order valence-electron chi connectivity index (χ0n) is 16.1. The van der Waals surface area contributed by atoms with Crippen LogP contribution in [0.25, 0.3) is 0 Å². The van der Waals surface area contributed by atoms with E-state index < -0.39 is 5.97 Å². The Morgan fingerprint density at radius 2 is 1.44 bits per heavy atom. The summed E-state index contributed by atoms with van der Waals surface area (Å²) in [5, 5.41) is 7.60. The van der Waals surface area contributed by atoms with E-state index in [-0.39, 0.29) is 11.9 Å². The van der Waals surface area contributed by atoms with E-state index in [9.17, 15) is 14.4 Å². The Labute approximate surface area is 151 Å². The molecule has 0 rings (SSSR count). The monoisotopic (exact) mass is 356 g/mol. The number of aliphatic carboxylic acids is 1. The fraction of sp³-hybridized carbons (Fsp3) is 0.526. The Bertz CT molecular complexity index is 449. The lowest BCUT2D eigenvalue weighted by Gasteiger charge is -2.05. The molecule has 0 atom stereocenters. The standard InChI is InChI=1S/2C8H14O2.C3H4O2/c1-6(2)5-10-8(9)7(3)4;1-4-5-6-10-8(9)7(2)3;1-2-3(4)5/h6H,3,5H2,1-2,4H3;2,4-6H2,1,3H3;2H,1H2,(H,4,5). The van der Waals surface area contributed by atoms with E-state index in [4.69, 9.17) is 14.6 Å². The van der Waals surface area contributed by atoms with Crippen LogP contribution in [0.15, 0.2) is 37.0 Å². The molecule has 0 aromatic rings. The van der Waals surface area contributed by atoms with Gasteiger partial charge >= 0.3 is 17.9 Å². The molecule has 0 aliphatic carbocycles. The quantitative estimate of drug-likeness (QED) is 0.403. The van der Waals surface area contributed by atoms with Crippen molar-refractivity contribution in [1.29, 1.82) is 0 Å². The van der Waals surface area contributed by atoms with Gasteiger partial charge in [0.05, 0.1) is 13.2 Å². The van der Waals surface area contributed by atoms with Gasteiger partial charge in [-0.05, 0) is 26.2 Å². The Morgan fingerprint density at radius 3 is 1.72 bits per heavy atom. The normalized spacial score (nSPS) is 8.72. The second-order valence-corrected chi connectivity index (χ2v) is 5.58. The molecule has 6 heteroatoms. The lowest BCUT2D eigenvalue weighted by atomic mass is 10.2. The predicted octanol–water partition coefficient (Wildman–Crippen LogP) is 3.92. The van der Waals surface area contributed by atoms with Crippen molar-refractivity contribution in [3.05, 3.63) is 37.0 Å². The molecule has 0 saturated heterocycles. The molecule has 0 radical (unpaired) electrons. The molecule has 0 bridgehead atoms. The van der Waals surface area contributed by atoms with E-state index in [0.717, 1.165) is 18.9 Å². The van der Waals surface area contributed by atoms with Crippen LogP contribution in [0.4, 0.5) is 0 Å². The third-order valence-electron chi connectivity index (χ3n) is 2.15. The number of unbranched alkanes of at least 4 members (excludes halogenated alkanes) is 1. The van der Waals surface area contributed by atoms with Gasteiger partial charge < -0.3 is 14.6 Å². The maximum atomic E-state index is 10.7. The van der Waals surface area contributed by atoms with Crippen LogP contribution in [0.3, 0.4) is 0 Å². The van der Waals surface area contributed by atoms with Gasteiger partial charge in [-0.3, -0.25) is 0 Å². The topological polar surface area (TPSA) is 89.9 Å². The van der Waals surface area contributed by atoms with Crippen molar-refractivity contribution in [2.24, 2.45) is 5.92 Å². The van der Waals surface area contributed by atoms with Crippen molar-refractivity contribution >= 4 is 17.9 Å². The highest BCUT2D eigenvalue weighted by Crippen LogP contribution is 1.97. The predicted molar refractivity (Wildman–Crippen MR) is 99.1 cm³/mol. The van der Waals surface area contributed by atoms with Gasteiger partial charge in [0.1, 0.15) is 0 Å². The number of hydrogen-bond donors (Lipinski definition) is 1. The lowest BCUT2D eigenvalue weighted by molar-refractivity contribution is -0.140. The average Bonchev–Trinajstić information content (AvgIpc) is 2.53. The molecule has 0 aliphatic heterocycles. The van der Waals surface area contributed by atoms with Crippen LogP contribution in [-0.4, -0.2) is 36.2 Å². The summed E-state index contributed by atoms with van der Waals surface area (Å²) in [6.45, 7) is 20.2. The summed E-state index contributed by atoms with van der Waals surface area (Å²) < 4.78 is 9.63. The molecule has 144 valence electrons. The van der Waals surface area contributed by atoms with Crippen LogP contribution >= 0.6 is 0 Å². The van der Waals surface area contributed by atoms with Crippen molar-refractivity contribution in [2.75, 3.05) is 13.2 Å². The van der Waals surface area contributed by atoms with Gasteiger partial charge in [0.15, 0.2) is 0 Å². The third-order valence-corrected chi connectivity index (χ3v) is 2.15. The molecule has 0 spiro atoms. The SMILES string of the molecule is C=C(C)C(=O)OCC(C)C.C=C(C)C(=O)OCCCC.C=CC(=O)O. The summed E-state index contributed by atoms with van der Waals surface area (Å²) in [7, 11) is 0. The van der Waals surface area contributed by atoms with Crippen LogP contribution in [-0.2, 0) is 23.9 Å². The van der Waals surface area contributed by atoms with Gasteiger partial charge in [0.2, 0.25) is 0 Å². The van der Waals surface area contributed by atoms with E-state index in [1.807, 2.05) is 13.8 Å². The maximum absolute atomic E-state index is 10.7. The van der Waals surface area contributed by atoms with Crippen molar-refractivity contribution in [3.63, 3.8) is 0 Å². The maximum Gasteiger partial charge on any atom is 0.333 e. The molecule has 0 unspecified atom stereocenters. The van der Waals surface area contributed by atoms with Crippen molar-refractivity contribution in [1.82, 2.24) is 0 Å². The Hall–Kier alpha value is -2.37. The van der Waals surface area contributed by atoms with Gasteiger partial charge in [-0.15, -0.1) is 0 Å². The minimum absolute atomic E-state index is 0.284. The number of rotatable bonds is 8. The largest absolute Gasteiger partial charge is 0.478 e. The zero-order valence-corrected chi connectivity index (χ0v) is 16.1. The molecule has 0 saturated carbocycles. The first-order chi connectivity index (χ1) is 11.5. The van der Waals surface area contributed by atoms with Crippen LogP contribution in [0.5, 0.6) is 0 Å². The molecular weight excluding hydrogens is 324 g/mol. The van der Waals surface area contributed by atoms with Gasteiger partial charge in [-0.25, -0.2) is 14.4 Å². The van der Waals surface area contributed by atoms with Gasteiger partial charge in [0, 0.05) is 17.2 Å². The van der Waals surface area contributed by atoms with E-state index >= 15 is 0 Å². The zero-order chi connectivity index (χ0) is 20.4. The molecular formula is C19H32O6. The Balaban J connectivity index is -0.000000308. The first-order valence-electron chi connectivity index (χ1n) is 8.00.